The summed E-state index contributed by atoms with van der Waals surface area (Å²) in [6.07, 6.45) is 1.03. The number of nitrogens with one attached hydrogen (secondary N) is 2. The van der Waals surface area contributed by atoms with E-state index in [-0.39, 0.29) is 5.75 Å². The van der Waals surface area contributed by atoms with E-state index in [0.29, 0.717) is 28.8 Å². The summed E-state index contributed by atoms with van der Waals surface area (Å²) in [5.74, 6) is 0.588. The molecule has 0 spiro atoms. The summed E-state index contributed by atoms with van der Waals surface area (Å²) >= 11 is 0. The highest BCUT2D eigenvalue weighted by molar-refractivity contribution is 6.01. The molecular formula is C23H26N4O3. The van der Waals surface area contributed by atoms with E-state index in [9.17, 15) is 9.90 Å². The number of rotatable bonds is 7. The summed E-state index contributed by atoms with van der Waals surface area (Å²) in [6.45, 7) is 6.13. The molecule has 156 valence electrons. The number of aromatic nitrogens is 2. The summed E-state index contributed by atoms with van der Waals surface area (Å²) in [5.41, 5.74) is 7.03. The average Bonchev–Trinajstić information content (AvgIpc) is 3.22. The fourth-order valence-electron chi connectivity index (χ4n) is 3.03. The van der Waals surface area contributed by atoms with Gasteiger partial charge in [-0.2, -0.15) is 10.2 Å². The number of aromatic amines is 1. The number of hydrazone groups is 1. The van der Waals surface area contributed by atoms with Crippen LogP contribution in [0, 0.1) is 5.92 Å². The van der Waals surface area contributed by atoms with Crippen LogP contribution in [-0.2, 0) is 6.42 Å². The van der Waals surface area contributed by atoms with Gasteiger partial charge in [-0.15, -0.1) is 0 Å². The zero-order chi connectivity index (χ0) is 21.7. The Morgan fingerprint density at radius 1 is 1.20 bits per heavy atom. The Labute approximate surface area is 175 Å². The predicted molar refractivity (Wildman–Crippen MR) is 117 cm³/mol. The van der Waals surface area contributed by atoms with Crippen LogP contribution in [0.25, 0.3) is 11.3 Å². The van der Waals surface area contributed by atoms with Gasteiger partial charge in [0, 0.05) is 11.1 Å². The van der Waals surface area contributed by atoms with Crippen LogP contribution in [0.5, 0.6) is 11.5 Å². The second-order valence-corrected chi connectivity index (χ2v) is 7.49. The van der Waals surface area contributed by atoms with Crippen LogP contribution in [0.1, 0.15) is 42.4 Å². The van der Waals surface area contributed by atoms with Crippen molar-refractivity contribution >= 4 is 11.6 Å². The number of phenolic OH excluding ortho intramolecular Hbond substituents is 1. The summed E-state index contributed by atoms with van der Waals surface area (Å²) in [6, 6.07) is 14.8. The molecule has 2 aromatic carbocycles. The van der Waals surface area contributed by atoms with Crippen molar-refractivity contribution in [3.63, 3.8) is 0 Å². The Kier molecular flexibility index (Phi) is 6.51. The number of carbonyl (C=O) groups excluding carboxylic acids is 1. The molecule has 0 aliphatic heterocycles. The summed E-state index contributed by atoms with van der Waals surface area (Å²) < 4.78 is 5.10. The van der Waals surface area contributed by atoms with Crippen molar-refractivity contribution in [2.24, 2.45) is 11.0 Å². The molecule has 3 rings (SSSR count). The lowest BCUT2D eigenvalue weighted by molar-refractivity contribution is 0.0950. The molecule has 0 aliphatic rings. The lowest BCUT2D eigenvalue weighted by Crippen LogP contribution is -2.19. The number of ether oxygens (including phenoxy) is 1. The van der Waals surface area contributed by atoms with E-state index in [2.05, 4.69) is 46.7 Å². The van der Waals surface area contributed by atoms with Crippen LogP contribution in [0.2, 0.25) is 0 Å². The molecule has 3 aromatic rings. The molecule has 30 heavy (non-hydrogen) atoms. The molecule has 1 amide bonds. The molecule has 0 aliphatic carbocycles. The van der Waals surface area contributed by atoms with Crippen LogP contribution in [0.15, 0.2) is 53.6 Å². The maximum Gasteiger partial charge on any atom is 0.289 e. The van der Waals surface area contributed by atoms with Gasteiger partial charge in [-0.3, -0.25) is 9.89 Å². The molecule has 7 heteroatoms. The van der Waals surface area contributed by atoms with Crippen molar-refractivity contribution in [1.82, 2.24) is 15.6 Å². The van der Waals surface area contributed by atoms with Gasteiger partial charge in [0.25, 0.3) is 5.91 Å². The van der Waals surface area contributed by atoms with E-state index in [1.807, 2.05) is 12.1 Å². The first-order valence-corrected chi connectivity index (χ1v) is 9.74. The third-order valence-corrected chi connectivity index (χ3v) is 4.64. The first-order chi connectivity index (χ1) is 14.4. The molecule has 0 bridgehead atoms. The van der Waals surface area contributed by atoms with Crippen molar-refractivity contribution in [2.45, 2.75) is 27.2 Å². The minimum atomic E-state index is -0.393. The number of benzene rings is 2. The van der Waals surface area contributed by atoms with Crippen LogP contribution in [0.3, 0.4) is 0 Å². The van der Waals surface area contributed by atoms with Crippen LogP contribution < -0.4 is 10.2 Å². The van der Waals surface area contributed by atoms with Crippen molar-refractivity contribution in [3.8, 4) is 22.8 Å². The summed E-state index contributed by atoms with van der Waals surface area (Å²) in [7, 11) is 1.47. The summed E-state index contributed by atoms with van der Waals surface area (Å²) in [4.78, 5) is 12.4. The number of carbonyl (C=O) groups is 1. The fraction of sp³-hybridized carbons (Fsp3) is 0.261. The Morgan fingerprint density at radius 2 is 1.93 bits per heavy atom. The molecule has 0 fully saturated rings. The number of amides is 1. The van der Waals surface area contributed by atoms with Crippen molar-refractivity contribution in [3.05, 3.63) is 65.4 Å². The quantitative estimate of drug-likeness (QED) is 0.405. The Bertz CT molecular complexity index is 1050. The highest BCUT2D eigenvalue weighted by Gasteiger charge is 2.12. The molecule has 0 saturated carbocycles. The van der Waals surface area contributed by atoms with Gasteiger partial charge in [0.2, 0.25) is 0 Å². The van der Waals surface area contributed by atoms with Crippen molar-refractivity contribution in [1.29, 1.82) is 0 Å². The van der Waals surface area contributed by atoms with Gasteiger partial charge in [0.05, 0.1) is 18.5 Å². The number of nitrogens with zero attached hydrogens (tertiary/aromatic N) is 2. The number of methoxy groups -OCH3 is 1. The molecule has 3 N–H and O–H groups in total. The molecule has 0 saturated heterocycles. The Balaban J connectivity index is 1.68. The number of H-pyrrole nitrogens is 1. The largest absolute Gasteiger partial charge is 0.504 e. The van der Waals surface area contributed by atoms with Crippen molar-refractivity contribution < 1.29 is 14.6 Å². The zero-order valence-corrected chi connectivity index (χ0v) is 17.6. The maximum atomic E-state index is 12.4. The molecule has 1 aromatic heterocycles. The molecule has 7 nitrogen and oxygen atoms in total. The van der Waals surface area contributed by atoms with Crippen LogP contribution >= 0.6 is 0 Å². The minimum Gasteiger partial charge on any atom is -0.504 e. The van der Waals surface area contributed by atoms with E-state index in [0.717, 1.165) is 17.5 Å². The van der Waals surface area contributed by atoms with Gasteiger partial charge >= 0.3 is 0 Å². The maximum absolute atomic E-state index is 12.4. The Morgan fingerprint density at radius 3 is 2.60 bits per heavy atom. The van der Waals surface area contributed by atoms with Gasteiger partial charge in [-0.05, 0) is 49.1 Å². The van der Waals surface area contributed by atoms with Gasteiger partial charge in [-0.25, -0.2) is 5.43 Å². The molecule has 1 heterocycles. The molecular weight excluding hydrogens is 380 g/mol. The normalized spacial score (nSPS) is 11.6. The van der Waals surface area contributed by atoms with Gasteiger partial charge in [0.15, 0.2) is 11.5 Å². The fourth-order valence-corrected chi connectivity index (χ4v) is 3.03. The number of phenols is 1. The smallest absolute Gasteiger partial charge is 0.289 e. The number of hydrogen-bond donors (Lipinski definition) is 3. The first kappa shape index (κ1) is 21.1. The number of aromatic hydroxyl groups is 1. The standard InChI is InChI=1S/C23H26N4O3/c1-14(2)11-16-5-7-17(8-6-16)19-13-20(26-25-19)23(29)27-24-15(3)18-9-10-21(28)22(12-18)30-4/h5-10,12-14,28H,11H2,1-4H3,(H,25,26)(H,27,29). The van der Waals surface area contributed by atoms with E-state index in [1.165, 1.54) is 18.7 Å². The second kappa shape index (κ2) is 9.26. The average molecular weight is 406 g/mol. The lowest BCUT2D eigenvalue weighted by atomic mass is 10.0. The topological polar surface area (TPSA) is 99.6 Å². The van der Waals surface area contributed by atoms with Crippen LogP contribution in [0.4, 0.5) is 0 Å². The lowest BCUT2D eigenvalue weighted by Gasteiger charge is -2.06. The van der Waals surface area contributed by atoms with Gasteiger partial charge in [-0.1, -0.05) is 38.1 Å². The zero-order valence-electron chi connectivity index (χ0n) is 17.6. The molecule has 0 atom stereocenters. The first-order valence-electron chi connectivity index (χ1n) is 9.74. The second-order valence-electron chi connectivity index (χ2n) is 7.49. The monoisotopic (exact) mass is 406 g/mol. The SMILES string of the molecule is COc1cc(C(C)=NNC(=O)c2cc(-c3ccc(CC(C)C)cc3)n[nH]2)ccc1O. The predicted octanol–water partition coefficient (Wildman–Crippen LogP) is 4.14. The number of hydrogen-bond acceptors (Lipinski definition) is 5. The van der Waals surface area contributed by atoms with Gasteiger partial charge < -0.3 is 9.84 Å². The van der Waals surface area contributed by atoms with E-state index in [1.54, 1.807) is 25.1 Å². The third kappa shape index (κ3) is 5.05. The van der Waals surface area contributed by atoms with Gasteiger partial charge in [0.1, 0.15) is 5.69 Å². The minimum absolute atomic E-state index is 0.0420. The van der Waals surface area contributed by atoms with Crippen molar-refractivity contribution in [2.75, 3.05) is 7.11 Å². The highest BCUT2D eigenvalue weighted by Crippen LogP contribution is 2.26. The van der Waals surface area contributed by atoms with Crippen LogP contribution in [-0.4, -0.2) is 34.0 Å². The highest BCUT2D eigenvalue weighted by atomic mass is 16.5. The Hall–Kier alpha value is -3.61. The summed E-state index contributed by atoms with van der Waals surface area (Å²) in [5, 5.41) is 20.8. The van der Waals surface area contributed by atoms with E-state index in [4.69, 9.17) is 4.74 Å². The third-order valence-electron chi connectivity index (χ3n) is 4.64. The van der Waals surface area contributed by atoms with E-state index < -0.39 is 5.91 Å². The molecule has 0 radical (unpaired) electrons. The van der Waals surface area contributed by atoms with E-state index >= 15 is 0 Å². The molecule has 0 unspecified atom stereocenters.